The molecule has 1 aromatic carbocycles. The van der Waals surface area contributed by atoms with Crippen LogP contribution in [0.2, 0.25) is 0 Å². The summed E-state index contributed by atoms with van der Waals surface area (Å²) in [6.07, 6.45) is 1.98. The predicted octanol–water partition coefficient (Wildman–Crippen LogP) is 2.28. The van der Waals surface area contributed by atoms with Crippen molar-refractivity contribution in [1.82, 2.24) is 9.62 Å². The molecule has 0 aliphatic heterocycles. The van der Waals surface area contributed by atoms with Crippen LogP contribution in [0.15, 0.2) is 23.1 Å². The molecule has 1 fully saturated rings. The molecule has 0 saturated heterocycles. The summed E-state index contributed by atoms with van der Waals surface area (Å²) in [4.78, 5) is 0.460. The van der Waals surface area contributed by atoms with Crippen molar-refractivity contribution in [2.24, 2.45) is 0 Å². The molecule has 1 saturated carbocycles. The molecular weight excluding hydrogens is 272 g/mol. The van der Waals surface area contributed by atoms with Crippen molar-refractivity contribution < 1.29 is 8.42 Å². The average molecular weight is 296 g/mol. The minimum absolute atomic E-state index is 0.210. The molecule has 2 rings (SSSR count). The summed E-state index contributed by atoms with van der Waals surface area (Å²) in [7, 11) is -3.36. The number of rotatable bonds is 7. The van der Waals surface area contributed by atoms with Crippen molar-refractivity contribution in [2.75, 3.05) is 13.1 Å². The molecular formula is C15H24N2O2S. The Balaban J connectivity index is 2.36. The molecule has 1 aliphatic carbocycles. The van der Waals surface area contributed by atoms with E-state index in [4.69, 9.17) is 0 Å². The van der Waals surface area contributed by atoms with Crippen LogP contribution < -0.4 is 5.32 Å². The second kappa shape index (κ2) is 6.24. The molecule has 0 heterocycles. The first kappa shape index (κ1) is 15.5. The minimum atomic E-state index is -3.36. The van der Waals surface area contributed by atoms with Crippen LogP contribution in [0, 0.1) is 6.92 Å². The summed E-state index contributed by atoms with van der Waals surface area (Å²) in [6, 6.07) is 5.77. The first-order valence-electron chi connectivity index (χ1n) is 7.33. The number of benzene rings is 1. The summed E-state index contributed by atoms with van der Waals surface area (Å²) in [6.45, 7) is 7.99. The average Bonchev–Trinajstić information content (AvgIpc) is 3.22. The molecule has 0 radical (unpaired) electrons. The van der Waals surface area contributed by atoms with Crippen molar-refractivity contribution in [2.45, 2.75) is 51.1 Å². The van der Waals surface area contributed by atoms with E-state index < -0.39 is 10.0 Å². The normalized spacial score (nSPS) is 15.8. The van der Waals surface area contributed by atoms with Crippen LogP contribution in [0.3, 0.4) is 0 Å². The Kier molecular flexibility index (Phi) is 4.83. The highest BCUT2D eigenvalue weighted by Crippen LogP contribution is 2.33. The van der Waals surface area contributed by atoms with E-state index in [0.29, 0.717) is 18.0 Å². The van der Waals surface area contributed by atoms with Crippen LogP contribution in [0.25, 0.3) is 0 Å². The van der Waals surface area contributed by atoms with Gasteiger partial charge in [-0.15, -0.1) is 0 Å². The van der Waals surface area contributed by atoms with Gasteiger partial charge in [0.1, 0.15) is 0 Å². The second-order valence-electron chi connectivity index (χ2n) is 5.26. The van der Waals surface area contributed by atoms with Crippen molar-refractivity contribution in [3.8, 4) is 0 Å². The highest BCUT2D eigenvalue weighted by Gasteiger charge is 2.37. The molecule has 5 heteroatoms. The van der Waals surface area contributed by atoms with Crippen LogP contribution >= 0.6 is 0 Å². The zero-order valence-corrected chi connectivity index (χ0v) is 13.3. The lowest BCUT2D eigenvalue weighted by Gasteiger charge is -2.22. The molecule has 20 heavy (non-hydrogen) atoms. The molecule has 0 amide bonds. The van der Waals surface area contributed by atoms with Gasteiger partial charge in [-0.3, -0.25) is 0 Å². The van der Waals surface area contributed by atoms with Gasteiger partial charge < -0.3 is 5.32 Å². The highest BCUT2D eigenvalue weighted by molar-refractivity contribution is 7.89. The number of nitrogens with zero attached hydrogens (tertiary/aromatic N) is 1. The summed E-state index contributed by atoms with van der Waals surface area (Å²) in [5.74, 6) is 0. The third-order valence-electron chi connectivity index (χ3n) is 3.81. The molecule has 1 N–H and O–H groups in total. The molecule has 0 atom stereocenters. The number of sulfonamides is 1. The Hall–Kier alpha value is -0.910. The highest BCUT2D eigenvalue weighted by atomic mass is 32.2. The van der Waals surface area contributed by atoms with Gasteiger partial charge in [0.25, 0.3) is 0 Å². The van der Waals surface area contributed by atoms with Gasteiger partial charge in [0.2, 0.25) is 10.0 Å². The predicted molar refractivity (Wildman–Crippen MR) is 81.1 cm³/mol. The molecule has 1 aromatic rings. The largest absolute Gasteiger partial charge is 0.313 e. The lowest BCUT2D eigenvalue weighted by Crippen LogP contribution is -2.33. The number of hydrogen-bond donors (Lipinski definition) is 1. The molecule has 0 unspecified atom stereocenters. The second-order valence-corrected chi connectivity index (χ2v) is 7.12. The quantitative estimate of drug-likeness (QED) is 0.840. The van der Waals surface area contributed by atoms with E-state index in [1.54, 1.807) is 10.4 Å². The van der Waals surface area contributed by atoms with Gasteiger partial charge in [0.15, 0.2) is 0 Å². The van der Waals surface area contributed by atoms with E-state index in [9.17, 15) is 8.42 Å². The van der Waals surface area contributed by atoms with E-state index in [1.807, 2.05) is 32.9 Å². The maximum Gasteiger partial charge on any atom is 0.243 e. The Bertz CT molecular complexity index is 565. The first-order valence-corrected chi connectivity index (χ1v) is 8.77. The van der Waals surface area contributed by atoms with Gasteiger partial charge in [-0.25, -0.2) is 8.42 Å². The topological polar surface area (TPSA) is 49.4 Å². The molecule has 4 nitrogen and oxygen atoms in total. The lowest BCUT2D eigenvalue weighted by molar-refractivity contribution is 0.420. The maximum atomic E-state index is 12.8. The maximum absolute atomic E-state index is 12.8. The summed E-state index contributed by atoms with van der Waals surface area (Å²) >= 11 is 0. The molecule has 0 bridgehead atoms. The first-order chi connectivity index (χ1) is 9.52. The SMILES string of the molecule is CCNCc1cccc(S(=O)(=O)N(CC)C2CC2)c1C. The van der Waals surface area contributed by atoms with E-state index in [-0.39, 0.29) is 6.04 Å². The monoisotopic (exact) mass is 296 g/mol. The van der Waals surface area contributed by atoms with E-state index in [1.165, 1.54) is 0 Å². The van der Waals surface area contributed by atoms with Gasteiger partial charge in [-0.1, -0.05) is 26.0 Å². The Morgan fingerprint density at radius 2 is 2.00 bits per heavy atom. The van der Waals surface area contributed by atoms with Crippen LogP contribution in [0.4, 0.5) is 0 Å². The lowest BCUT2D eigenvalue weighted by atomic mass is 10.1. The van der Waals surface area contributed by atoms with Crippen molar-refractivity contribution >= 4 is 10.0 Å². The van der Waals surface area contributed by atoms with Crippen LogP contribution in [-0.4, -0.2) is 31.9 Å². The van der Waals surface area contributed by atoms with Gasteiger partial charge in [-0.2, -0.15) is 4.31 Å². The fraction of sp³-hybridized carbons (Fsp3) is 0.600. The zero-order chi connectivity index (χ0) is 14.8. The standard InChI is InChI=1S/C15H24N2O2S/c1-4-16-11-13-7-6-8-15(12(13)3)20(18,19)17(5-2)14-9-10-14/h6-8,14,16H,4-5,9-11H2,1-3H3. The molecule has 1 aliphatic rings. The van der Waals surface area contributed by atoms with E-state index >= 15 is 0 Å². The Labute approximate surface area is 122 Å². The summed E-state index contributed by atoms with van der Waals surface area (Å²) in [5, 5.41) is 3.25. The summed E-state index contributed by atoms with van der Waals surface area (Å²) < 4.78 is 27.2. The molecule has 0 spiro atoms. The third kappa shape index (κ3) is 3.05. The van der Waals surface area contributed by atoms with Gasteiger partial charge in [0, 0.05) is 19.1 Å². The number of nitrogens with one attached hydrogen (secondary N) is 1. The van der Waals surface area contributed by atoms with Crippen LogP contribution in [0.5, 0.6) is 0 Å². The van der Waals surface area contributed by atoms with Crippen molar-refractivity contribution in [1.29, 1.82) is 0 Å². The fourth-order valence-corrected chi connectivity index (χ4v) is 4.47. The summed E-state index contributed by atoms with van der Waals surface area (Å²) in [5.41, 5.74) is 1.92. The Morgan fingerprint density at radius 1 is 1.30 bits per heavy atom. The van der Waals surface area contributed by atoms with Gasteiger partial charge >= 0.3 is 0 Å². The van der Waals surface area contributed by atoms with Crippen molar-refractivity contribution in [3.05, 3.63) is 29.3 Å². The Morgan fingerprint density at radius 3 is 2.55 bits per heavy atom. The van der Waals surface area contributed by atoms with E-state index in [2.05, 4.69) is 5.32 Å². The van der Waals surface area contributed by atoms with Gasteiger partial charge in [0.05, 0.1) is 4.90 Å². The van der Waals surface area contributed by atoms with Crippen LogP contribution in [-0.2, 0) is 16.6 Å². The van der Waals surface area contributed by atoms with Crippen LogP contribution in [0.1, 0.15) is 37.8 Å². The molecule has 112 valence electrons. The molecule has 0 aromatic heterocycles. The minimum Gasteiger partial charge on any atom is -0.313 e. The fourth-order valence-electron chi connectivity index (χ4n) is 2.50. The smallest absolute Gasteiger partial charge is 0.243 e. The van der Waals surface area contributed by atoms with Gasteiger partial charge in [-0.05, 0) is 43.5 Å². The van der Waals surface area contributed by atoms with E-state index in [0.717, 1.165) is 30.5 Å². The van der Waals surface area contributed by atoms with Crippen molar-refractivity contribution in [3.63, 3.8) is 0 Å². The zero-order valence-electron chi connectivity index (χ0n) is 12.5. The number of hydrogen-bond acceptors (Lipinski definition) is 3. The third-order valence-corrected chi connectivity index (χ3v) is 5.99.